The fraction of sp³-hybridized carbons (Fsp3) is 0.125. The molecule has 1 aromatic heterocycles. The second kappa shape index (κ2) is 6.37. The highest BCUT2D eigenvalue weighted by atomic mass is 32.2. The minimum atomic E-state index is -1.03. The van der Waals surface area contributed by atoms with E-state index >= 15 is 0 Å². The predicted octanol–water partition coefficient (Wildman–Crippen LogP) is 2.96. The Kier molecular flexibility index (Phi) is 4.31. The molecule has 3 aromatic rings. The zero-order chi connectivity index (χ0) is 15.5. The third-order valence-electron chi connectivity index (χ3n) is 3.19. The third-order valence-corrected chi connectivity index (χ3v) is 5.16. The number of nitrogens with one attached hydrogen (secondary N) is 1. The van der Waals surface area contributed by atoms with Gasteiger partial charge in [-0.25, -0.2) is 4.98 Å². The lowest BCUT2D eigenvalue weighted by molar-refractivity contribution is 0.0951. The summed E-state index contributed by atoms with van der Waals surface area (Å²) in [5.41, 5.74) is 1.50. The molecular weight excluding hydrogens is 316 g/mol. The number of nitrogens with zero attached hydrogens (tertiary/aromatic N) is 1. The Labute approximate surface area is 134 Å². The number of aromatic nitrogens is 1. The maximum atomic E-state index is 12.1. The molecule has 3 rings (SSSR count). The number of carbonyl (C=O) groups is 1. The summed E-state index contributed by atoms with van der Waals surface area (Å²) in [6, 6.07) is 14.7. The number of hydrogen-bond donors (Lipinski definition) is 1. The standard InChI is InChI=1S/C16H14N2O2S2/c1-22(20)12-8-6-11(7-9-12)16(19)17-10-15-18-13-4-2-3-5-14(13)21-15/h2-9H,10H2,1H3,(H,17,19). The highest BCUT2D eigenvalue weighted by Gasteiger charge is 2.08. The lowest BCUT2D eigenvalue weighted by Crippen LogP contribution is -2.22. The Morgan fingerprint density at radius 1 is 1.18 bits per heavy atom. The maximum absolute atomic E-state index is 12.1. The van der Waals surface area contributed by atoms with Gasteiger partial charge < -0.3 is 5.32 Å². The lowest BCUT2D eigenvalue weighted by Gasteiger charge is -2.03. The van der Waals surface area contributed by atoms with Gasteiger partial charge in [-0.2, -0.15) is 0 Å². The van der Waals surface area contributed by atoms with E-state index in [2.05, 4.69) is 10.3 Å². The van der Waals surface area contributed by atoms with Gasteiger partial charge >= 0.3 is 0 Å². The zero-order valence-electron chi connectivity index (χ0n) is 11.9. The van der Waals surface area contributed by atoms with E-state index in [0.29, 0.717) is 17.0 Å². The summed E-state index contributed by atoms with van der Waals surface area (Å²) >= 11 is 1.57. The number of fused-ring (bicyclic) bond motifs is 1. The summed E-state index contributed by atoms with van der Waals surface area (Å²) < 4.78 is 12.4. The van der Waals surface area contributed by atoms with Gasteiger partial charge in [0.05, 0.1) is 16.8 Å². The van der Waals surface area contributed by atoms with Gasteiger partial charge in [0.15, 0.2) is 0 Å². The van der Waals surface area contributed by atoms with E-state index in [-0.39, 0.29) is 5.91 Å². The van der Waals surface area contributed by atoms with E-state index in [1.165, 1.54) is 0 Å². The Morgan fingerprint density at radius 3 is 2.59 bits per heavy atom. The number of carbonyl (C=O) groups excluding carboxylic acids is 1. The number of hydrogen-bond acceptors (Lipinski definition) is 4. The monoisotopic (exact) mass is 330 g/mol. The van der Waals surface area contributed by atoms with Crippen molar-refractivity contribution < 1.29 is 9.00 Å². The van der Waals surface area contributed by atoms with Crippen LogP contribution in [0.3, 0.4) is 0 Å². The van der Waals surface area contributed by atoms with Crippen molar-refractivity contribution in [3.05, 3.63) is 59.1 Å². The maximum Gasteiger partial charge on any atom is 0.251 e. The summed E-state index contributed by atoms with van der Waals surface area (Å²) in [5.74, 6) is -0.160. The molecule has 1 heterocycles. The van der Waals surface area contributed by atoms with Crippen molar-refractivity contribution in [2.24, 2.45) is 0 Å². The van der Waals surface area contributed by atoms with Gasteiger partial charge in [0.1, 0.15) is 5.01 Å². The van der Waals surface area contributed by atoms with Gasteiger partial charge in [-0.05, 0) is 36.4 Å². The molecule has 1 unspecified atom stereocenters. The normalized spacial score (nSPS) is 12.2. The minimum Gasteiger partial charge on any atom is -0.346 e. The highest BCUT2D eigenvalue weighted by Crippen LogP contribution is 2.21. The van der Waals surface area contributed by atoms with Gasteiger partial charge in [0.25, 0.3) is 5.91 Å². The van der Waals surface area contributed by atoms with E-state index in [1.54, 1.807) is 41.9 Å². The van der Waals surface area contributed by atoms with Crippen LogP contribution in [-0.2, 0) is 17.3 Å². The second-order valence-electron chi connectivity index (χ2n) is 4.74. The van der Waals surface area contributed by atoms with E-state index in [0.717, 1.165) is 15.2 Å². The van der Waals surface area contributed by atoms with Crippen LogP contribution in [0.2, 0.25) is 0 Å². The van der Waals surface area contributed by atoms with Crippen LogP contribution in [0.15, 0.2) is 53.4 Å². The topological polar surface area (TPSA) is 59.1 Å². The molecule has 4 nitrogen and oxygen atoms in total. The zero-order valence-corrected chi connectivity index (χ0v) is 13.5. The molecule has 1 N–H and O–H groups in total. The van der Waals surface area contributed by atoms with E-state index < -0.39 is 10.8 Å². The smallest absolute Gasteiger partial charge is 0.251 e. The number of rotatable bonds is 4. The van der Waals surface area contributed by atoms with Crippen molar-refractivity contribution in [3.8, 4) is 0 Å². The molecule has 0 aliphatic rings. The third kappa shape index (κ3) is 3.23. The van der Waals surface area contributed by atoms with Crippen LogP contribution in [0.1, 0.15) is 15.4 Å². The number of para-hydroxylation sites is 1. The van der Waals surface area contributed by atoms with Gasteiger partial charge in [-0.3, -0.25) is 9.00 Å². The molecule has 0 fully saturated rings. The number of thiazole rings is 1. The molecule has 0 saturated carbocycles. The van der Waals surface area contributed by atoms with Crippen LogP contribution in [0.5, 0.6) is 0 Å². The molecule has 112 valence electrons. The largest absolute Gasteiger partial charge is 0.346 e. The first kappa shape index (κ1) is 14.9. The minimum absolute atomic E-state index is 0.160. The first-order chi connectivity index (χ1) is 10.6. The molecule has 0 spiro atoms. The van der Waals surface area contributed by atoms with Crippen LogP contribution in [0.4, 0.5) is 0 Å². The van der Waals surface area contributed by atoms with Crippen molar-refractivity contribution in [2.45, 2.75) is 11.4 Å². The quantitative estimate of drug-likeness (QED) is 0.800. The highest BCUT2D eigenvalue weighted by molar-refractivity contribution is 7.84. The summed E-state index contributed by atoms with van der Waals surface area (Å²) in [6.45, 7) is 0.402. The second-order valence-corrected chi connectivity index (χ2v) is 7.23. The molecule has 0 aliphatic heterocycles. The molecular formula is C16H14N2O2S2. The number of amides is 1. The van der Waals surface area contributed by atoms with Crippen molar-refractivity contribution >= 4 is 38.3 Å². The Bertz CT molecular complexity index is 808. The fourth-order valence-electron chi connectivity index (χ4n) is 2.05. The average molecular weight is 330 g/mol. The molecule has 1 amide bonds. The first-order valence-electron chi connectivity index (χ1n) is 6.69. The van der Waals surface area contributed by atoms with E-state index in [4.69, 9.17) is 0 Å². The van der Waals surface area contributed by atoms with Crippen LogP contribution < -0.4 is 5.32 Å². The fourth-order valence-corrected chi connectivity index (χ4v) is 3.48. The molecule has 0 bridgehead atoms. The summed E-state index contributed by atoms with van der Waals surface area (Å²) in [6.07, 6.45) is 1.61. The van der Waals surface area contributed by atoms with Gasteiger partial charge in [-0.15, -0.1) is 11.3 Å². The molecule has 0 saturated heterocycles. The van der Waals surface area contributed by atoms with Crippen LogP contribution in [-0.4, -0.2) is 21.4 Å². The Morgan fingerprint density at radius 2 is 1.91 bits per heavy atom. The van der Waals surface area contributed by atoms with Crippen molar-refractivity contribution in [2.75, 3.05) is 6.26 Å². The van der Waals surface area contributed by atoms with Crippen molar-refractivity contribution in [1.82, 2.24) is 10.3 Å². The summed E-state index contributed by atoms with van der Waals surface area (Å²) in [4.78, 5) is 17.3. The van der Waals surface area contributed by atoms with Crippen molar-refractivity contribution in [1.29, 1.82) is 0 Å². The molecule has 2 aromatic carbocycles. The van der Waals surface area contributed by atoms with E-state index in [9.17, 15) is 9.00 Å². The lowest BCUT2D eigenvalue weighted by atomic mass is 10.2. The molecule has 0 radical (unpaired) electrons. The van der Waals surface area contributed by atoms with Gasteiger partial charge in [0, 0.05) is 27.5 Å². The van der Waals surface area contributed by atoms with Crippen LogP contribution in [0, 0.1) is 0 Å². The Balaban J connectivity index is 1.67. The van der Waals surface area contributed by atoms with Gasteiger partial charge in [0.2, 0.25) is 0 Å². The SMILES string of the molecule is CS(=O)c1ccc(C(=O)NCc2nc3ccccc3s2)cc1. The molecule has 22 heavy (non-hydrogen) atoms. The number of benzene rings is 2. The average Bonchev–Trinajstić information content (AvgIpc) is 2.95. The van der Waals surface area contributed by atoms with E-state index in [1.807, 2.05) is 24.3 Å². The molecule has 1 atom stereocenters. The summed E-state index contributed by atoms with van der Waals surface area (Å²) in [5, 5.41) is 3.73. The molecule has 0 aliphatic carbocycles. The first-order valence-corrected chi connectivity index (χ1v) is 9.07. The van der Waals surface area contributed by atoms with Crippen LogP contribution in [0.25, 0.3) is 10.2 Å². The van der Waals surface area contributed by atoms with Gasteiger partial charge in [-0.1, -0.05) is 12.1 Å². The Hall–Kier alpha value is -2.05. The summed E-state index contributed by atoms with van der Waals surface area (Å²) in [7, 11) is -1.03. The predicted molar refractivity (Wildman–Crippen MR) is 89.6 cm³/mol. The van der Waals surface area contributed by atoms with Crippen molar-refractivity contribution in [3.63, 3.8) is 0 Å². The molecule has 6 heteroatoms. The van der Waals surface area contributed by atoms with Crippen LogP contribution >= 0.6 is 11.3 Å².